The molecule has 0 heterocycles. The fourth-order valence-corrected chi connectivity index (χ4v) is 3.15. The van der Waals surface area contributed by atoms with Gasteiger partial charge in [0.05, 0.1) is 11.6 Å². The van der Waals surface area contributed by atoms with Crippen LogP contribution in [0.5, 0.6) is 0 Å². The Hall–Kier alpha value is -2.08. The number of hydrogen-bond acceptors (Lipinski definition) is 2. The zero-order valence-corrected chi connectivity index (χ0v) is 17.1. The summed E-state index contributed by atoms with van der Waals surface area (Å²) in [5, 5.41) is 5.82. The van der Waals surface area contributed by atoms with E-state index in [-0.39, 0.29) is 30.9 Å². The highest BCUT2D eigenvalue weighted by Gasteiger charge is 2.18. The highest BCUT2D eigenvalue weighted by atomic mass is 35.5. The quantitative estimate of drug-likeness (QED) is 0.739. The van der Waals surface area contributed by atoms with E-state index in [9.17, 15) is 9.59 Å². The molecule has 27 heavy (non-hydrogen) atoms. The maximum atomic E-state index is 12.3. The number of carbonyl (C=O) groups excluding carboxylic acids is 2. The van der Waals surface area contributed by atoms with E-state index >= 15 is 0 Å². The van der Waals surface area contributed by atoms with Crippen molar-refractivity contribution in [3.05, 3.63) is 63.6 Å². The average molecular weight is 409 g/mol. The van der Waals surface area contributed by atoms with E-state index in [0.717, 1.165) is 11.1 Å². The molecule has 0 fully saturated rings. The standard InChI is InChI=1S/C20H23Cl2N3O2/c1-13-4-7-16(8-5-13)24-19(26)12-25(3)20(27)11-23-14(2)17-9-6-15(21)10-18(17)22/h4-10,14,23H,11-12H2,1-3H3,(H,24,26)/p+1/t14-/m0/s1. The van der Waals surface area contributed by atoms with E-state index in [1.165, 1.54) is 4.90 Å². The smallest absolute Gasteiger partial charge is 0.277 e. The van der Waals surface area contributed by atoms with Crippen molar-refractivity contribution in [1.29, 1.82) is 0 Å². The van der Waals surface area contributed by atoms with Crippen molar-refractivity contribution in [1.82, 2.24) is 4.90 Å². The molecule has 3 N–H and O–H groups in total. The van der Waals surface area contributed by atoms with Gasteiger partial charge in [0, 0.05) is 23.3 Å². The first kappa shape index (κ1) is 21.2. The topological polar surface area (TPSA) is 66.0 Å². The van der Waals surface area contributed by atoms with Gasteiger partial charge in [0.2, 0.25) is 5.91 Å². The van der Waals surface area contributed by atoms with E-state index in [4.69, 9.17) is 23.2 Å². The number of aryl methyl sites for hydroxylation is 1. The Bertz CT molecular complexity index is 809. The minimum atomic E-state index is -0.233. The molecule has 0 saturated carbocycles. The van der Waals surface area contributed by atoms with Gasteiger partial charge in [-0.1, -0.05) is 47.0 Å². The van der Waals surface area contributed by atoms with Gasteiger partial charge in [-0.15, -0.1) is 0 Å². The van der Waals surface area contributed by atoms with Gasteiger partial charge in [0.1, 0.15) is 6.04 Å². The molecule has 0 spiro atoms. The summed E-state index contributed by atoms with van der Waals surface area (Å²) >= 11 is 12.1. The van der Waals surface area contributed by atoms with Gasteiger partial charge in [-0.25, -0.2) is 0 Å². The van der Waals surface area contributed by atoms with E-state index in [1.54, 1.807) is 19.2 Å². The van der Waals surface area contributed by atoms with Crippen LogP contribution in [0.2, 0.25) is 10.0 Å². The van der Waals surface area contributed by atoms with Crippen LogP contribution in [0, 0.1) is 6.92 Å². The lowest BCUT2D eigenvalue weighted by atomic mass is 10.1. The van der Waals surface area contributed by atoms with E-state index in [2.05, 4.69) is 5.32 Å². The first-order valence-electron chi connectivity index (χ1n) is 8.65. The summed E-state index contributed by atoms with van der Waals surface area (Å²) in [5.74, 6) is -0.366. The summed E-state index contributed by atoms with van der Waals surface area (Å²) in [7, 11) is 1.62. The van der Waals surface area contributed by atoms with Crippen LogP contribution < -0.4 is 10.6 Å². The van der Waals surface area contributed by atoms with Crippen molar-refractivity contribution >= 4 is 40.7 Å². The largest absolute Gasteiger partial charge is 0.332 e. The normalized spacial score (nSPS) is 11.7. The summed E-state index contributed by atoms with van der Waals surface area (Å²) in [6.45, 7) is 4.16. The summed E-state index contributed by atoms with van der Waals surface area (Å²) in [5.41, 5.74) is 2.74. The molecule has 0 aliphatic rings. The van der Waals surface area contributed by atoms with Crippen LogP contribution >= 0.6 is 23.2 Å². The Balaban J connectivity index is 1.82. The number of anilines is 1. The number of nitrogens with two attached hydrogens (primary N) is 1. The molecule has 0 aliphatic heterocycles. The molecule has 1 atom stereocenters. The van der Waals surface area contributed by atoms with Crippen LogP contribution in [-0.4, -0.2) is 36.9 Å². The molecule has 7 heteroatoms. The van der Waals surface area contributed by atoms with Crippen molar-refractivity contribution in [2.45, 2.75) is 19.9 Å². The lowest BCUT2D eigenvalue weighted by Gasteiger charge is -2.18. The van der Waals surface area contributed by atoms with Gasteiger partial charge in [-0.2, -0.15) is 0 Å². The van der Waals surface area contributed by atoms with Gasteiger partial charge in [0.25, 0.3) is 5.91 Å². The third-order valence-electron chi connectivity index (χ3n) is 4.24. The highest BCUT2D eigenvalue weighted by molar-refractivity contribution is 6.35. The zero-order valence-electron chi connectivity index (χ0n) is 15.6. The third kappa shape index (κ3) is 6.54. The fourth-order valence-electron chi connectivity index (χ4n) is 2.57. The second-order valence-electron chi connectivity index (χ2n) is 6.56. The number of nitrogens with one attached hydrogen (secondary N) is 1. The van der Waals surface area contributed by atoms with Gasteiger partial charge in [-0.3, -0.25) is 9.59 Å². The number of amides is 2. The van der Waals surface area contributed by atoms with E-state index in [1.807, 2.05) is 49.5 Å². The van der Waals surface area contributed by atoms with Crippen LogP contribution in [0.1, 0.15) is 24.1 Å². The van der Waals surface area contributed by atoms with Crippen LogP contribution in [0.25, 0.3) is 0 Å². The highest BCUT2D eigenvalue weighted by Crippen LogP contribution is 2.24. The number of nitrogens with zero attached hydrogens (tertiary/aromatic N) is 1. The zero-order chi connectivity index (χ0) is 20.0. The number of rotatable bonds is 7. The molecule has 2 aromatic carbocycles. The van der Waals surface area contributed by atoms with Crippen molar-refractivity contribution in [3.63, 3.8) is 0 Å². The Morgan fingerprint density at radius 2 is 1.81 bits per heavy atom. The average Bonchev–Trinajstić information content (AvgIpc) is 2.61. The van der Waals surface area contributed by atoms with Gasteiger partial charge in [0.15, 0.2) is 6.54 Å². The molecule has 2 aromatic rings. The molecule has 5 nitrogen and oxygen atoms in total. The van der Waals surface area contributed by atoms with Gasteiger partial charge >= 0.3 is 0 Å². The van der Waals surface area contributed by atoms with Crippen LogP contribution in [-0.2, 0) is 9.59 Å². The monoisotopic (exact) mass is 408 g/mol. The molecule has 0 aliphatic carbocycles. The summed E-state index contributed by atoms with van der Waals surface area (Å²) in [4.78, 5) is 25.8. The van der Waals surface area contributed by atoms with Crippen molar-refractivity contribution in [2.75, 3.05) is 25.5 Å². The molecular formula is C20H24Cl2N3O2+. The number of carbonyl (C=O) groups is 2. The van der Waals surface area contributed by atoms with E-state index in [0.29, 0.717) is 15.7 Å². The minimum Gasteiger partial charge on any atom is -0.332 e. The second kappa shape index (κ2) is 9.74. The molecule has 0 aromatic heterocycles. The lowest BCUT2D eigenvalue weighted by Crippen LogP contribution is -2.87. The SMILES string of the molecule is Cc1ccc(NC(=O)CN(C)C(=O)C[NH2+][C@@H](C)c2ccc(Cl)cc2Cl)cc1. The molecular weight excluding hydrogens is 385 g/mol. The Labute approximate surface area is 169 Å². The first-order valence-corrected chi connectivity index (χ1v) is 9.40. The molecule has 144 valence electrons. The number of halogens is 2. The number of likely N-dealkylation sites (N-methyl/N-ethyl adjacent to an activating group) is 1. The Morgan fingerprint density at radius 3 is 2.44 bits per heavy atom. The second-order valence-corrected chi connectivity index (χ2v) is 7.40. The maximum Gasteiger partial charge on any atom is 0.277 e. The molecule has 2 amide bonds. The number of benzene rings is 2. The molecule has 0 unspecified atom stereocenters. The molecule has 0 bridgehead atoms. The van der Waals surface area contributed by atoms with Crippen LogP contribution in [0.15, 0.2) is 42.5 Å². The third-order valence-corrected chi connectivity index (χ3v) is 4.80. The maximum absolute atomic E-state index is 12.3. The van der Waals surface area contributed by atoms with E-state index < -0.39 is 0 Å². The summed E-state index contributed by atoms with van der Waals surface area (Å²) < 4.78 is 0. The molecule has 0 radical (unpaired) electrons. The minimum absolute atomic E-state index is 0.00334. The first-order chi connectivity index (χ1) is 12.8. The van der Waals surface area contributed by atoms with Crippen molar-refractivity contribution < 1.29 is 14.9 Å². The number of quaternary nitrogens is 1. The Kier molecular flexibility index (Phi) is 7.66. The predicted molar refractivity (Wildman–Crippen MR) is 109 cm³/mol. The van der Waals surface area contributed by atoms with Crippen LogP contribution in [0.4, 0.5) is 5.69 Å². The van der Waals surface area contributed by atoms with Gasteiger partial charge in [-0.05, 0) is 38.1 Å². The lowest BCUT2D eigenvalue weighted by molar-refractivity contribution is -0.683. The van der Waals surface area contributed by atoms with Crippen molar-refractivity contribution in [2.24, 2.45) is 0 Å². The molecule has 0 saturated heterocycles. The van der Waals surface area contributed by atoms with Crippen LogP contribution in [0.3, 0.4) is 0 Å². The fraction of sp³-hybridized carbons (Fsp3) is 0.300. The Morgan fingerprint density at radius 1 is 1.15 bits per heavy atom. The van der Waals surface area contributed by atoms with Gasteiger partial charge < -0.3 is 15.5 Å². The predicted octanol–water partition coefficient (Wildman–Crippen LogP) is 3.02. The molecule has 2 rings (SSSR count). The summed E-state index contributed by atoms with van der Waals surface area (Å²) in [6, 6.07) is 12.8. The number of hydrogen-bond donors (Lipinski definition) is 2. The van der Waals surface area contributed by atoms with Crippen molar-refractivity contribution in [3.8, 4) is 0 Å². The summed E-state index contributed by atoms with van der Waals surface area (Å²) in [6.07, 6.45) is 0.